The van der Waals surface area contributed by atoms with Crippen molar-refractivity contribution in [2.45, 2.75) is 0 Å². The molecule has 0 unspecified atom stereocenters. The molecule has 0 aliphatic heterocycles. The van der Waals surface area contributed by atoms with Crippen molar-refractivity contribution in [1.82, 2.24) is 0 Å². The number of aliphatic carboxylic acids is 1. The summed E-state index contributed by atoms with van der Waals surface area (Å²) < 4.78 is 9.61. The lowest BCUT2D eigenvalue weighted by atomic mass is 10.1. The molecule has 15 heavy (non-hydrogen) atoms. The summed E-state index contributed by atoms with van der Waals surface area (Å²) in [5, 5.41) is 8.55. The minimum absolute atomic E-state index is 0.0573. The third-order valence-electron chi connectivity index (χ3n) is 1.77. The van der Waals surface area contributed by atoms with Gasteiger partial charge in [-0.15, -0.1) is 0 Å². The number of carbonyl (C=O) groups is 2. The van der Waals surface area contributed by atoms with E-state index in [9.17, 15) is 9.59 Å². The second kappa shape index (κ2) is 4.45. The van der Waals surface area contributed by atoms with E-state index in [1.807, 2.05) is 0 Å². The monoisotopic (exact) mass is 210 g/mol. The molecule has 1 aliphatic rings. The molecule has 0 atom stereocenters. The van der Waals surface area contributed by atoms with Gasteiger partial charge in [0.05, 0.1) is 14.2 Å². The molecule has 0 radical (unpaired) electrons. The molecule has 0 spiro atoms. The third-order valence-corrected chi connectivity index (χ3v) is 1.77. The van der Waals surface area contributed by atoms with Crippen molar-refractivity contribution in [3.8, 4) is 0 Å². The molecule has 0 saturated heterocycles. The highest BCUT2D eigenvalue weighted by molar-refractivity contribution is 6.07. The number of hydrogen-bond donors (Lipinski definition) is 1. The lowest BCUT2D eigenvalue weighted by Crippen LogP contribution is -2.13. The number of ether oxygens (including phenoxy) is 2. The largest absolute Gasteiger partial charge is 0.492 e. The first-order valence-electron chi connectivity index (χ1n) is 4.09. The zero-order valence-corrected chi connectivity index (χ0v) is 8.31. The summed E-state index contributed by atoms with van der Waals surface area (Å²) in [6.45, 7) is 0. The molecule has 0 saturated carbocycles. The van der Waals surface area contributed by atoms with Gasteiger partial charge < -0.3 is 14.6 Å². The van der Waals surface area contributed by atoms with E-state index >= 15 is 0 Å². The van der Waals surface area contributed by atoms with Crippen LogP contribution < -0.4 is 0 Å². The predicted octanol–water partition coefficient (Wildman–Crippen LogP) is 0.641. The van der Waals surface area contributed by atoms with E-state index in [1.165, 1.54) is 26.4 Å². The molecule has 1 aliphatic carbocycles. The summed E-state index contributed by atoms with van der Waals surface area (Å²) in [4.78, 5) is 21.9. The maximum absolute atomic E-state index is 11.5. The van der Waals surface area contributed by atoms with Crippen LogP contribution in [-0.4, -0.2) is 31.1 Å². The Morgan fingerprint density at radius 3 is 2.07 bits per heavy atom. The van der Waals surface area contributed by atoms with Crippen LogP contribution in [0.15, 0.2) is 35.3 Å². The Kier molecular flexibility index (Phi) is 3.28. The first-order valence-corrected chi connectivity index (χ1v) is 4.09. The number of hydrogen-bond acceptors (Lipinski definition) is 4. The quantitative estimate of drug-likeness (QED) is 0.692. The van der Waals surface area contributed by atoms with Gasteiger partial charge in [-0.3, -0.25) is 4.79 Å². The lowest BCUT2D eigenvalue weighted by molar-refractivity contribution is -0.131. The van der Waals surface area contributed by atoms with Gasteiger partial charge in [0.2, 0.25) is 0 Å². The van der Waals surface area contributed by atoms with E-state index in [0.717, 1.165) is 6.08 Å². The molecule has 80 valence electrons. The van der Waals surface area contributed by atoms with Crippen molar-refractivity contribution in [2.24, 2.45) is 0 Å². The summed E-state index contributed by atoms with van der Waals surface area (Å²) in [7, 11) is 2.67. The van der Waals surface area contributed by atoms with Crippen LogP contribution >= 0.6 is 0 Å². The smallest absolute Gasteiger partial charge is 0.328 e. The lowest BCUT2D eigenvalue weighted by Gasteiger charge is -2.12. The number of carboxylic acids is 1. The molecular weight excluding hydrogens is 200 g/mol. The Labute approximate surface area is 86.3 Å². The zero-order chi connectivity index (χ0) is 11.4. The van der Waals surface area contributed by atoms with Crippen LogP contribution in [0.2, 0.25) is 0 Å². The van der Waals surface area contributed by atoms with Crippen molar-refractivity contribution in [2.75, 3.05) is 14.2 Å². The fraction of sp³-hybridized carbons (Fsp3) is 0.200. The van der Waals surface area contributed by atoms with Crippen LogP contribution in [0.5, 0.6) is 0 Å². The standard InChI is InChI=1S/C10H10O5/c1-14-7-3-6(5-9(11)12)4-8(15-2)10(7)13/h3-5H,1-2H3,(H,11,12). The summed E-state index contributed by atoms with van der Waals surface area (Å²) >= 11 is 0. The number of allylic oxidation sites excluding steroid dienone is 3. The van der Waals surface area contributed by atoms with Crippen molar-refractivity contribution in [3.05, 3.63) is 35.3 Å². The van der Waals surface area contributed by atoms with Crippen molar-refractivity contribution < 1.29 is 24.2 Å². The molecule has 5 heteroatoms. The Bertz CT molecular complexity index is 361. The minimum Gasteiger partial charge on any atom is -0.492 e. The topological polar surface area (TPSA) is 72.8 Å². The minimum atomic E-state index is -1.10. The van der Waals surface area contributed by atoms with Gasteiger partial charge in [0.15, 0.2) is 11.5 Å². The SMILES string of the molecule is COC1=CC(=CC(=O)O)C=C(OC)C1=O. The average Bonchev–Trinajstić information content (AvgIpc) is 2.19. The molecule has 0 amide bonds. The number of rotatable bonds is 3. The third kappa shape index (κ3) is 2.46. The van der Waals surface area contributed by atoms with Gasteiger partial charge in [-0.1, -0.05) is 0 Å². The molecule has 0 fully saturated rings. The number of methoxy groups -OCH3 is 2. The molecule has 0 aromatic heterocycles. The molecule has 0 heterocycles. The maximum atomic E-state index is 11.5. The van der Waals surface area contributed by atoms with Gasteiger partial charge in [0.1, 0.15) is 0 Å². The van der Waals surface area contributed by atoms with Crippen LogP contribution in [0.25, 0.3) is 0 Å². The van der Waals surface area contributed by atoms with E-state index in [2.05, 4.69) is 0 Å². The van der Waals surface area contributed by atoms with Crippen molar-refractivity contribution >= 4 is 11.8 Å². The second-order valence-corrected chi connectivity index (χ2v) is 2.74. The normalized spacial score (nSPS) is 15.3. The van der Waals surface area contributed by atoms with Crippen LogP contribution in [0.1, 0.15) is 0 Å². The number of carbonyl (C=O) groups excluding carboxylic acids is 1. The van der Waals surface area contributed by atoms with Gasteiger partial charge in [-0.05, 0) is 17.7 Å². The molecule has 5 nitrogen and oxygen atoms in total. The van der Waals surface area contributed by atoms with Crippen molar-refractivity contribution in [1.29, 1.82) is 0 Å². The molecule has 0 aromatic carbocycles. The van der Waals surface area contributed by atoms with E-state index in [-0.39, 0.29) is 11.5 Å². The first-order chi connectivity index (χ1) is 7.08. The highest BCUT2D eigenvalue weighted by atomic mass is 16.5. The van der Waals surface area contributed by atoms with Gasteiger partial charge in [0, 0.05) is 6.08 Å². The van der Waals surface area contributed by atoms with Gasteiger partial charge >= 0.3 is 5.97 Å². The average molecular weight is 210 g/mol. The molecular formula is C10H10O5. The zero-order valence-electron chi connectivity index (χ0n) is 8.31. The first kappa shape index (κ1) is 11.0. The predicted molar refractivity (Wildman–Crippen MR) is 50.9 cm³/mol. The molecule has 0 aromatic rings. The van der Waals surface area contributed by atoms with Gasteiger partial charge in [-0.25, -0.2) is 4.79 Å². The Balaban J connectivity index is 3.11. The van der Waals surface area contributed by atoms with E-state index in [1.54, 1.807) is 0 Å². The number of ketones is 1. The summed E-state index contributed by atoms with van der Waals surface area (Å²) in [6.07, 6.45) is 3.66. The van der Waals surface area contributed by atoms with E-state index in [0.29, 0.717) is 5.57 Å². The number of carboxylic acid groups (broad SMARTS) is 1. The Morgan fingerprint density at radius 1 is 1.27 bits per heavy atom. The summed E-state index contributed by atoms with van der Waals surface area (Å²) in [5.41, 5.74) is 0.343. The van der Waals surface area contributed by atoms with Crippen LogP contribution in [-0.2, 0) is 19.1 Å². The molecule has 1 N–H and O–H groups in total. The van der Waals surface area contributed by atoms with E-state index in [4.69, 9.17) is 14.6 Å². The second-order valence-electron chi connectivity index (χ2n) is 2.74. The van der Waals surface area contributed by atoms with Crippen molar-refractivity contribution in [3.63, 3.8) is 0 Å². The highest BCUT2D eigenvalue weighted by Crippen LogP contribution is 2.19. The Morgan fingerprint density at radius 2 is 1.73 bits per heavy atom. The van der Waals surface area contributed by atoms with E-state index < -0.39 is 11.8 Å². The fourth-order valence-electron chi connectivity index (χ4n) is 1.13. The van der Waals surface area contributed by atoms with Gasteiger partial charge in [-0.2, -0.15) is 0 Å². The summed E-state index contributed by atoms with van der Waals surface area (Å²) in [6, 6.07) is 0. The fourth-order valence-corrected chi connectivity index (χ4v) is 1.13. The maximum Gasteiger partial charge on any atom is 0.328 e. The Hall–Kier alpha value is -2.04. The van der Waals surface area contributed by atoms with Crippen LogP contribution in [0.3, 0.4) is 0 Å². The molecule has 0 bridgehead atoms. The van der Waals surface area contributed by atoms with Crippen LogP contribution in [0.4, 0.5) is 0 Å². The number of Topliss-reactive ketones (excluding diaryl/α,β-unsaturated/α-hetero) is 1. The summed E-state index contributed by atoms with van der Waals surface area (Å²) in [5.74, 6) is -1.39. The molecule has 1 rings (SSSR count). The van der Waals surface area contributed by atoms with Crippen LogP contribution in [0, 0.1) is 0 Å². The van der Waals surface area contributed by atoms with Gasteiger partial charge in [0.25, 0.3) is 5.78 Å². The highest BCUT2D eigenvalue weighted by Gasteiger charge is 2.21.